The fourth-order valence-electron chi connectivity index (χ4n) is 2.08. The molecule has 1 heterocycles. The number of methoxy groups -OCH3 is 1. The Bertz CT molecular complexity index is 641. The Morgan fingerprint density at radius 3 is 2.81 bits per heavy atom. The first-order chi connectivity index (χ1) is 10.2. The number of aryl methyl sites for hydroxylation is 1. The molecule has 0 unspecified atom stereocenters. The summed E-state index contributed by atoms with van der Waals surface area (Å²) in [5.74, 6) is 0.628. The van der Waals surface area contributed by atoms with E-state index in [-0.39, 0.29) is 5.91 Å². The second kappa shape index (κ2) is 6.74. The van der Waals surface area contributed by atoms with Gasteiger partial charge in [-0.2, -0.15) is 0 Å². The molecule has 0 bridgehead atoms. The number of ether oxygens (including phenoxy) is 1. The number of carbonyl (C=O) groups is 1. The van der Waals surface area contributed by atoms with E-state index < -0.39 is 0 Å². The summed E-state index contributed by atoms with van der Waals surface area (Å²) >= 11 is 0. The zero-order chi connectivity index (χ0) is 15.2. The molecule has 0 aliphatic carbocycles. The minimum atomic E-state index is -0.169. The van der Waals surface area contributed by atoms with Gasteiger partial charge in [0.2, 0.25) is 0 Å². The van der Waals surface area contributed by atoms with E-state index in [2.05, 4.69) is 15.6 Å². The van der Waals surface area contributed by atoms with E-state index in [0.29, 0.717) is 5.56 Å². The Balaban J connectivity index is 2.20. The number of nitrogens with one attached hydrogen (secondary N) is 2. The Morgan fingerprint density at radius 2 is 2.14 bits per heavy atom. The van der Waals surface area contributed by atoms with E-state index in [1.54, 1.807) is 25.6 Å². The first-order valence-electron chi connectivity index (χ1n) is 6.79. The highest BCUT2D eigenvalue weighted by Gasteiger charge is 2.11. The molecule has 5 heteroatoms. The molecule has 2 rings (SSSR count). The number of nitrogens with zero attached hydrogens (tertiary/aromatic N) is 1. The number of hydrogen-bond acceptors (Lipinski definition) is 4. The van der Waals surface area contributed by atoms with Gasteiger partial charge in [-0.1, -0.05) is 0 Å². The lowest BCUT2D eigenvalue weighted by atomic mass is 10.1. The van der Waals surface area contributed by atoms with Crippen molar-refractivity contribution in [1.29, 1.82) is 0 Å². The van der Waals surface area contributed by atoms with E-state index in [4.69, 9.17) is 4.74 Å². The van der Waals surface area contributed by atoms with Crippen molar-refractivity contribution in [3.05, 3.63) is 47.8 Å². The quantitative estimate of drug-likeness (QED) is 0.886. The number of pyridine rings is 1. The fraction of sp³-hybridized carbons (Fsp3) is 0.250. The third-order valence-electron chi connectivity index (χ3n) is 3.09. The fourth-order valence-corrected chi connectivity index (χ4v) is 2.08. The monoisotopic (exact) mass is 285 g/mol. The Kier molecular flexibility index (Phi) is 4.77. The first kappa shape index (κ1) is 14.8. The molecule has 1 aromatic heterocycles. The number of anilines is 2. The molecule has 0 aliphatic rings. The maximum absolute atomic E-state index is 12.4. The highest BCUT2D eigenvalue weighted by Crippen LogP contribution is 2.22. The standard InChI is InChI=1S/C16H19N3O2/c1-4-18-14-10-17-8-7-13(14)16(20)19-12-5-6-15(21-3)11(2)9-12/h5-10,18H,4H2,1-3H3,(H,19,20). The van der Waals surface area contributed by atoms with Crippen molar-refractivity contribution in [3.8, 4) is 5.75 Å². The van der Waals surface area contributed by atoms with Crippen LogP contribution < -0.4 is 15.4 Å². The van der Waals surface area contributed by atoms with Gasteiger partial charge in [0.15, 0.2) is 0 Å². The number of benzene rings is 1. The molecular formula is C16H19N3O2. The number of amides is 1. The van der Waals surface area contributed by atoms with Crippen LogP contribution in [0.15, 0.2) is 36.7 Å². The van der Waals surface area contributed by atoms with Crippen LogP contribution in [0.3, 0.4) is 0 Å². The zero-order valence-electron chi connectivity index (χ0n) is 12.4. The van der Waals surface area contributed by atoms with E-state index in [0.717, 1.165) is 29.2 Å². The SMILES string of the molecule is CCNc1cnccc1C(=O)Nc1ccc(OC)c(C)c1. The molecule has 0 fully saturated rings. The normalized spacial score (nSPS) is 10.0. The van der Waals surface area contributed by atoms with Crippen molar-refractivity contribution in [2.24, 2.45) is 0 Å². The topological polar surface area (TPSA) is 63.2 Å². The number of rotatable bonds is 5. The third kappa shape index (κ3) is 3.51. The second-order valence-corrected chi connectivity index (χ2v) is 4.59. The Morgan fingerprint density at radius 1 is 1.33 bits per heavy atom. The van der Waals surface area contributed by atoms with E-state index >= 15 is 0 Å². The number of hydrogen-bond donors (Lipinski definition) is 2. The molecule has 2 N–H and O–H groups in total. The van der Waals surface area contributed by atoms with E-state index in [9.17, 15) is 4.79 Å². The molecule has 0 saturated heterocycles. The molecule has 5 nitrogen and oxygen atoms in total. The molecule has 0 radical (unpaired) electrons. The summed E-state index contributed by atoms with van der Waals surface area (Å²) in [5, 5.41) is 6.02. The van der Waals surface area contributed by atoms with Gasteiger partial charge in [-0.05, 0) is 43.7 Å². The van der Waals surface area contributed by atoms with Gasteiger partial charge >= 0.3 is 0 Å². The van der Waals surface area contributed by atoms with Crippen molar-refractivity contribution >= 4 is 17.3 Å². The molecule has 0 spiro atoms. The lowest BCUT2D eigenvalue weighted by Crippen LogP contribution is -2.15. The van der Waals surface area contributed by atoms with Crippen molar-refractivity contribution in [3.63, 3.8) is 0 Å². The maximum atomic E-state index is 12.4. The van der Waals surface area contributed by atoms with Crippen LogP contribution in [0.5, 0.6) is 5.75 Å². The van der Waals surface area contributed by atoms with Crippen molar-refractivity contribution < 1.29 is 9.53 Å². The summed E-state index contributed by atoms with van der Waals surface area (Å²) < 4.78 is 5.21. The van der Waals surface area contributed by atoms with Crippen LogP contribution in [0, 0.1) is 6.92 Å². The van der Waals surface area contributed by atoms with E-state index in [1.807, 2.05) is 32.0 Å². The molecule has 110 valence electrons. The van der Waals surface area contributed by atoms with Gasteiger partial charge in [-0.15, -0.1) is 0 Å². The molecule has 0 saturated carbocycles. The number of carbonyl (C=O) groups excluding carboxylic acids is 1. The second-order valence-electron chi connectivity index (χ2n) is 4.59. The predicted molar refractivity (Wildman–Crippen MR) is 84.1 cm³/mol. The molecule has 1 aromatic carbocycles. The summed E-state index contributed by atoms with van der Waals surface area (Å²) in [5.41, 5.74) is 3.00. The van der Waals surface area contributed by atoms with Crippen LogP contribution in [-0.4, -0.2) is 24.5 Å². The van der Waals surface area contributed by atoms with Gasteiger partial charge in [-0.3, -0.25) is 9.78 Å². The van der Waals surface area contributed by atoms with Gasteiger partial charge < -0.3 is 15.4 Å². The first-order valence-corrected chi connectivity index (χ1v) is 6.79. The molecule has 0 atom stereocenters. The van der Waals surface area contributed by atoms with Gasteiger partial charge in [-0.25, -0.2) is 0 Å². The maximum Gasteiger partial charge on any atom is 0.257 e. The van der Waals surface area contributed by atoms with Crippen LogP contribution in [0.1, 0.15) is 22.8 Å². The number of aromatic nitrogens is 1. The predicted octanol–water partition coefficient (Wildman–Crippen LogP) is 3.08. The molecular weight excluding hydrogens is 266 g/mol. The highest BCUT2D eigenvalue weighted by atomic mass is 16.5. The zero-order valence-corrected chi connectivity index (χ0v) is 12.4. The minimum absolute atomic E-state index is 0.169. The van der Waals surface area contributed by atoms with Crippen LogP contribution >= 0.6 is 0 Å². The largest absolute Gasteiger partial charge is 0.496 e. The van der Waals surface area contributed by atoms with Crippen molar-refractivity contribution in [2.45, 2.75) is 13.8 Å². The lowest BCUT2D eigenvalue weighted by molar-refractivity contribution is 0.102. The van der Waals surface area contributed by atoms with Crippen LogP contribution in [0.4, 0.5) is 11.4 Å². The highest BCUT2D eigenvalue weighted by molar-refractivity contribution is 6.07. The van der Waals surface area contributed by atoms with Gasteiger partial charge in [0.05, 0.1) is 24.6 Å². The third-order valence-corrected chi connectivity index (χ3v) is 3.09. The van der Waals surface area contributed by atoms with Gasteiger partial charge in [0, 0.05) is 18.4 Å². The average Bonchev–Trinajstić information content (AvgIpc) is 2.48. The van der Waals surface area contributed by atoms with Crippen molar-refractivity contribution in [2.75, 3.05) is 24.3 Å². The van der Waals surface area contributed by atoms with Crippen LogP contribution in [0.2, 0.25) is 0 Å². The smallest absolute Gasteiger partial charge is 0.257 e. The molecule has 21 heavy (non-hydrogen) atoms. The van der Waals surface area contributed by atoms with Crippen LogP contribution in [-0.2, 0) is 0 Å². The average molecular weight is 285 g/mol. The van der Waals surface area contributed by atoms with Gasteiger partial charge in [0.25, 0.3) is 5.91 Å². The summed E-state index contributed by atoms with van der Waals surface area (Å²) in [6.45, 7) is 4.64. The Hall–Kier alpha value is -2.56. The van der Waals surface area contributed by atoms with Gasteiger partial charge in [0.1, 0.15) is 5.75 Å². The van der Waals surface area contributed by atoms with E-state index in [1.165, 1.54) is 0 Å². The summed E-state index contributed by atoms with van der Waals surface area (Å²) in [4.78, 5) is 16.4. The molecule has 0 aliphatic heterocycles. The summed E-state index contributed by atoms with van der Waals surface area (Å²) in [6.07, 6.45) is 3.26. The lowest BCUT2D eigenvalue weighted by Gasteiger charge is -2.12. The Labute approximate surface area is 124 Å². The summed E-state index contributed by atoms with van der Waals surface area (Å²) in [7, 11) is 1.63. The summed E-state index contributed by atoms with van der Waals surface area (Å²) in [6, 6.07) is 7.23. The van der Waals surface area contributed by atoms with Crippen LogP contribution in [0.25, 0.3) is 0 Å². The van der Waals surface area contributed by atoms with Crippen molar-refractivity contribution in [1.82, 2.24) is 4.98 Å². The molecule has 1 amide bonds. The minimum Gasteiger partial charge on any atom is -0.496 e. The molecule has 2 aromatic rings.